The Balaban J connectivity index is 2.11. The van der Waals surface area contributed by atoms with Gasteiger partial charge in [-0.3, -0.25) is 4.79 Å². The molecule has 1 aromatic rings. The molecule has 0 bridgehead atoms. The zero-order chi connectivity index (χ0) is 11.4. The number of nitriles is 1. The predicted molar refractivity (Wildman–Crippen MR) is 61.1 cm³/mol. The van der Waals surface area contributed by atoms with Crippen LogP contribution in [-0.2, 0) is 0 Å². The first-order valence-electron chi connectivity index (χ1n) is 5.56. The molecule has 0 atom stereocenters. The van der Waals surface area contributed by atoms with Gasteiger partial charge >= 0.3 is 0 Å². The summed E-state index contributed by atoms with van der Waals surface area (Å²) in [5.74, 6) is 0.361. The van der Waals surface area contributed by atoms with Gasteiger partial charge in [0.05, 0.1) is 11.6 Å². The summed E-state index contributed by atoms with van der Waals surface area (Å²) in [6, 6.07) is 8.96. The molecule has 0 unspecified atom stereocenters. The Morgan fingerprint density at radius 2 is 1.88 bits per heavy atom. The first kappa shape index (κ1) is 10.8. The summed E-state index contributed by atoms with van der Waals surface area (Å²) in [6.07, 6.45) is 1.83. The molecular formula is C13H14N2O. The average molecular weight is 214 g/mol. The molecule has 1 heterocycles. The van der Waals surface area contributed by atoms with Crippen molar-refractivity contribution in [1.29, 1.82) is 5.26 Å². The zero-order valence-electron chi connectivity index (χ0n) is 9.07. The lowest BCUT2D eigenvalue weighted by Crippen LogP contribution is -2.31. The van der Waals surface area contributed by atoms with E-state index in [4.69, 9.17) is 5.26 Å². The number of nitrogens with zero attached hydrogens (tertiary/aromatic N) is 1. The second-order valence-electron chi connectivity index (χ2n) is 4.08. The molecular weight excluding hydrogens is 200 g/mol. The summed E-state index contributed by atoms with van der Waals surface area (Å²) in [7, 11) is 0. The first-order chi connectivity index (χ1) is 7.81. The molecule has 82 valence electrons. The van der Waals surface area contributed by atoms with Crippen molar-refractivity contribution in [2.24, 2.45) is 5.92 Å². The Hall–Kier alpha value is -1.66. The molecule has 16 heavy (non-hydrogen) atoms. The van der Waals surface area contributed by atoms with E-state index in [0.29, 0.717) is 5.56 Å². The van der Waals surface area contributed by atoms with Crippen LogP contribution in [0.25, 0.3) is 0 Å². The maximum Gasteiger partial charge on any atom is 0.166 e. The van der Waals surface area contributed by atoms with Crippen molar-refractivity contribution in [3.8, 4) is 6.07 Å². The summed E-state index contributed by atoms with van der Waals surface area (Å²) < 4.78 is 0. The van der Waals surface area contributed by atoms with Crippen LogP contribution in [0.4, 0.5) is 0 Å². The third kappa shape index (κ3) is 2.29. The number of carbonyl (C=O) groups is 1. The lowest BCUT2D eigenvalue weighted by molar-refractivity contribution is 0.0895. The van der Waals surface area contributed by atoms with Crippen LogP contribution in [-0.4, -0.2) is 18.9 Å². The molecule has 1 saturated heterocycles. The Labute approximate surface area is 95.1 Å². The van der Waals surface area contributed by atoms with Crippen LogP contribution in [0, 0.1) is 17.2 Å². The van der Waals surface area contributed by atoms with Gasteiger partial charge in [-0.2, -0.15) is 5.26 Å². The summed E-state index contributed by atoms with van der Waals surface area (Å²) in [6.45, 7) is 1.85. The monoisotopic (exact) mass is 214 g/mol. The lowest BCUT2D eigenvalue weighted by Gasteiger charge is -2.21. The molecule has 0 aromatic heterocycles. The van der Waals surface area contributed by atoms with Crippen molar-refractivity contribution >= 4 is 5.78 Å². The molecule has 1 aliphatic heterocycles. The highest BCUT2D eigenvalue weighted by Gasteiger charge is 2.21. The molecule has 0 amide bonds. The largest absolute Gasteiger partial charge is 0.317 e. The lowest BCUT2D eigenvalue weighted by atomic mass is 9.89. The molecule has 3 nitrogen and oxygen atoms in total. The van der Waals surface area contributed by atoms with Gasteiger partial charge in [-0.15, -0.1) is 0 Å². The number of hydrogen-bond donors (Lipinski definition) is 1. The Bertz CT molecular complexity index is 411. The van der Waals surface area contributed by atoms with E-state index in [1.807, 2.05) is 0 Å². The second-order valence-corrected chi connectivity index (χ2v) is 4.08. The number of piperidine rings is 1. The minimum atomic E-state index is 0.147. The number of nitrogens with one attached hydrogen (secondary N) is 1. The normalized spacial score (nSPS) is 16.7. The van der Waals surface area contributed by atoms with Crippen LogP contribution in [0.2, 0.25) is 0 Å². The number of hydrogen-bond acceptors (Lipinski definition) is 3. The van der Waals surface area contributed by atoms with Gasteiger partial charge in [-0.1, -0.05) is 12.1 Å². The van der Waals surface area contributed by atoms with Crippen LogP contribution >= 0.6 is 0 Å². The van der Waals surface area contributed by atoms with Crippen molar-refractivity contribution in [3.05, 3.63) is 35.4 Å². The van der Waals surface area contributed by atoms with Gasteiger partial charge in [0.2, 0.25) is 0 Å². The van der Waals surface area contributed by atoms with E-state index in [2.05, 4.69) is 11.4 Å². The van der Waals surface area contributed by atoms with Crippen LogP contribution in [0.5, 0.6) is 0 Å². The number of rotatable bonds is 2. The third-order valence-corrected chi connectivity index (χ3v) is 3.01. The fourth-order valence-electron chi connectivity index (χ4n) is 2.03. The van der Waals surface area contributed by atoms with Gasteiger partial charge in [-0.25, -0.2) is 0 Å². The van der Waals surface area contributed by atoms with Crippen molar-refractivity contribution in [3.63, 3.8) is 0 Å². The van der Waals surface area contributed by atoms with E-state index >= 15 is 0 Å². The molecule has 0 saturated carbocycles. The molecule has 3 heteroatoms. The molecule has 1 fully saturated rings. The number of Topliss-reactive ketones (excluding diaryl/α,β-unsaturated/α-hetero) is 1. The van der Waals surface area contributed by atoms with E-state index in [0.717, 1.165) is 31.5 Å². The van der Waals surface area contributed by atoms with Gasteiger partial charge in [0.15, 0.2) is 5.78 Å². The number of benzene rings is 1. The smallest absolute Gasteiger partial charge is 0.166 e. The van der Waals surface area contributed by atoms with Crippen molar-refractivity contribution < 1.29 is 4.79 Å². The van der Waals surface area contributed by atoms with Gasteiger partial charge in [0.1, 0.15) is 0 Å². The maximum atomic E-state index is 12.1. The Kier molecular flexibility index (Phi) is 3.33. The second kappa shape index (κ2) is 4.91. The number of carbonyl (C=O) groups excluding carboxylic acids is 1. The first-order valence-corrected chi connectivity index (χ1v) is 5.56. The summed E-state index contributed by atoms with van der Waals surface area (Å²) in [5, 5.41) is 11.9. The van der Waals surface area contributed by atoms with E-state index in [1.54, 1.807) is 24.3 Å². The molecule has 0 radical (unpaired) electrons. The van der Waals surface area contributed by atoms with E-state index in [9.17, 15) is 4.79 Å². The van der Waals surface area contributed by atoms with Crippen molar-refractivity contribution in [2.75, 3.05) is 13.1 Å². The maximum absolute atomic E-state index is 12.1. The number of ketones is 1. The molecule has 0 spiro atoms. The Morgan fingerprint density at radius 3 is 2.44 bits per heavy atom. The highest BCUT2D eigenvalue weighted by atomic mass is 16.1. The Morgan fingerprint density at radius 1 is 1.25 bits per heavy atom. The molecule has 1 aromatic carbocycles. The fourth-order valence-corrected chi connectivity index (χ4v) is 2.03. The van der Waals surface area contributed by atoms with Crippen LogP contribution < -0.4 is 5.32 Å². The van der Waals surface area contributed by atoms with E-state index in [1.165, 1.54) is 0 Å². The average Bonchev–Trinajstić information content (AvgIpc) is 2.39. The predicted octanol–water partition coefficient (Wildman–Crippen LogP) is 1.74. The van der Waals surface area contributed by atoms with Crippen molar-refractivity contribution in [1.82, 2.24) is 5.32 Å². The fraction of sp³-hybridized carbons (Fsp3) is 0.385. The zero-order valence-corrected chi connectivity index (χ0v) is 9.07. The van der Waals surface area contributed by atoms with E-state index < -0.39 is 0 Å². The van der Waals surface area contributed by atoms with Gasteiger partial charge < -0.3 is 5.32 Å². The van der Waals surface area contributed by atoms with Gasteiger partial charge in [-0.05, 0) is 38.1 Å². The van der Waals surface area contributed by atoms with Gasteiger partial charge in [0, 0.05) is 11.5 Å². The minimum Gasteiger partial charge on any atom is -0.317 e. The standard InChI is InChI=1S/C13H14N2O/c14-9-10-1-3-11(4-2-10)13(16)12-5-7-15-8-6-12/h1-4,12,15H,5-8H2. The quantitative estimate of drug-likeness (QED) is 0.763. The molecule has 1 aliphatic rings. The highest BCUT2D eigenvalue weighted by Crippen LogP contribution is 2.18. The van der Waals surface area contributed by atoms with E-state index in [-0.39, 0.29) is 11.7 Å². The third-order valence-electron chi connectivity index (χ3n) is 3.01. The summed E-state index contributed by atoms with van der Waals surface area (Å²) in [5.41, 5.74) is 1.33. The van der Waals surface area contributed by atoms with Crippen LogP contribution in [0.3, 0.4) is 0 Å². The highest BCUT2D eigenvalue weighted by molar-refractivity contribution is 5.98. The topological polar surface area (TPSA) is 52.9 Å². The minimum absolute atomic E-state index is 0.147. The SMILES string of the molecule is N#Cc1ccc(C(=O)C2CCNCC2)cc1. The van der Waals surface area contributed by atoms with Crippen LogP contribution in [0.15, 0.2) is 24.3 Å². The molecule has 0 aliphatic carbocycles. The van der Waals surface area contributed by atoms with Gasteiger partial charge in [0.25, 0.3) is 0 Å². The summed E-state index contributed by atoms with van der Waals surface area (Å²) >= 11 is 0. The van der Waals surface area contributed by atoms with Crippen molar-refractivity contribution in [2.45, 2.75) is 12.8 Å². The van der Waals surface area contributed by atoms with Crippen LogP contribution in [0.1, 0.15) is 28.8 Å². The summed E-state index contributed by atoms with van der Waals surface area (Å²) in [4.78, 5) is 12.1. The molecule has 2 rings (SSSR count). The molecule has 1 N–H and O–H groups in total.